The number of alkyl halides is 3. The minimum Gasteiger partial charge on any atom is -0.490 e. The van der Waals surface area contributed by atoms with E-state index in [0.717, 1.165) is 50.3 Å². The van der Waals surface area contributed by atoms with E-state index >= 15 is 0 Å². The van der Waals surface area contributed by atoms with Gasteiger partial charge >= 0.3 is 18.0 Å². The molecule has 2 aliphatic rings. The number of benzene rings is 1. The van der Waals surface area contributed by atoms with Gasteiger partial charge in [0.05, 0.1) is 12.2 Å². The molecule has 0 bridgehead atoms. The number of imidazole rings is 1. The first-order chi connectivity index (χ1) is 19.2. The number of nitro groups is 1. The smallest absolute Gasteiger partial charge is 0.417 e. The van der Waals surface area contributed by atoms with Gasteiger partial charge in [0, 0.05) is 42.9 Å². The molecule has 0 amide bonds. The molecule has 2 aliphatic heterocycles. The topological polar surface area (TPSA) is 105 Å². The molecule has 4 heterocycles. The lowest BCUT2D eigenvalue weighted by molar-refractivity contribution is -0.389. The van der Waals surface area contributed by atoms with Crippen LogP contribution >= 0.6 is 11.6 Å². The van der Waals surface area contributed by atoms with Gasteiger partial charge in [0.15, 0.2) is 0 Å². The van der Waals surface area contributed by atoms with Crippen LogP contribution in [0, 0.1) is 16.0 Å². The second-order valence-electron chi connectivity index (χ2n) is 9.74. The summed E-state index contributed by atoms with van der Waals surface area (Å²) in [6.45, 7) is 2.96. The summed E-state index contributed by atoms with van der Waals surface area (Å²) in [5, 5.41) is 10.8. The lowest BCUT2D eigenvalue weighted by atomic mass is 9.93. The van der Waals surface area contributed by atoms with Crippen LogP contribution in [0.4, 0.5) is 24.7 Å². The van der Waals surface area contributed by atoms with Crippen LogP contribution in [0.1, 0.15) is 31.2 Å². The van der Waals surface area contributed by atoms with E-state index in [1.165, 1.54) is 6.20 Å². The number of nitrogens with zero attached hydrogens (tertiary/aromatic N) is 5. The third kappa shape index (κ3) is 6.69. The van der Waals surface area contributed by atoms with Gasteiger partial charge in [-0.3, -0.25) is 4.57 Å². The molecule has 0 aliphatic carbocycles. The third-order valence-corrected chi connectivity index (χ3v) is 7.30. The summed E-state index contributed by atoms with van der Waals surface area (Å²) in [7, 11) is 0. The molecule has 1 fully saturated rings. The average molecular weight is 582 g/mol. The number of aryl methyl sites for hydroxylation is 1. The number of rotatable bonds is 9. The maximum absolute atomic E-state index is 12.8. The van der Waals surface area contributed by atoms with Crippen LogP contribution in [0.2, 0.25) is 5.02 Å². The van der Waals surface area contributed by atoms with Gasteiger partial charge in [0.1, 0.15) is 29.7 Å². The lowest BCUT2D eigenvalue weighted by Gasteiger charge is -2.33. The van der Waals surface area contributed by atoms with E-state index in [0.29, 0.717) is 37.8 Å². The summed E-state index contributed by atoms with van der Waals surface area (Å²) in [4.78, 5) is 20.3. The molecule has 1 unspecified atom stereocenters. The van der Waals surface area contributed by atoms with Crippen LogP contribution in [-0.2, 0) is 12.7 Å². The predicted molar refractivity (Wildman–Crippen MR) is 139 cm³/mol. The second kappa shape index (κ2) is 11.8. The number of fused-ring (bicyclic) bond motifs is 1. The first kappa shape index (κ1) is 27.8. The summed E-state index contributed by atoms with van der Waals surface area (Å²) in [6, 6.07) is 8.89. The van der Waals surface area contributed by atoms with E-state index in [-0.39, 0.29) is 28.8 Å². The van der Waals surface area contributed by atoms with Gasteiger partial charge in [0.2, 0.25) is 5.88 Å². The van der Waals surface area contributed by atoms with E-state index in [2.05, 4.69) is 14.9 Å². The van der Waals surface area contributed by atoms with Crippen molar-refractivity contribution in [2.24, 2.45) is 5.92 Å². The Morgan fingerprint density at radius 3 is 2.55 bits per heavy atom. The monoisotopic (exact) mass is 581 g/mol. The molecule has 1 atom stereocenters. The Balaban J connectivity index is 1.03. The zero-order valence-electron chi connectivity index (χ0n) is 21.3. The van der Waals surface area contributed by atoms with Gasteiger partial charge in [-0.05, 0) is 60.4 Å². The van der Waals surface area contributed by atoms with Gasteiger partial charge in [-0.15, -0.1) is 0 Å². The summed E-state index contributed by atoms with van der Waals surface area (Å²) in [5.74, 6) is 0.916. The Morgan fingerprint density at radius 1 is 1.12 bits per heavy atom. The molecule has 214 valence electrons. The fourth-order valence-electron chi connectivity index (χ4n) is 4.77. The predicted octanol–water partition coefficient (Wildman–Crippen LogP) is 5.77. The number of aromatic nitrogens is 3. The molecule has 0 N–H and O–H groups in total. The molecule has 0 saturated carbocycles. The normalized spacial score (nSPS) is 17.7. The van der Waals surface area contributed by atoms with Crippen molar-refractivity contribution in [3.63, 3.8) is 0 Å². The minimum absolute atomic E-state index is 0.0136. The average Bonchev–Trinajstić information content (AvgIpc) is 3.37. The SMILES string of the molecule is O=[N+]([O-])c1cn2c(n1)OC(COc1ccc(N3CCC(CCOc4ncc(C(F)(F)F)cc4Cl)CC3)cc1)CC2. The second-order valence-corrected chi connectivity index (χ2v) is 10.1. The van der Waals surface area contributed by atoms with Crippen molar-refractivity contribution < 1.29 is 32.3 Å². The van der Waals surface area contributed by atoms with Gasteiger partial charge in [0.25, 0.3) is 0 Å². The molecule has 1 aromatic carbocycles. The largest absolute Gasteiger partial charge is 0.490 e. The highest BCUT2D eigenvalue weighted by Gasteiger charge is 2.32. The summed E-state index contributed by atoms with van der Waals surface area (Å²) < 4.78 is 57.1. The van der Waals surface area contributed by atoms with Gasteiger partial charge in [-0.1, -0.05) is 11.6 Å². The van der Waals surface area contributed by atoms with Crippen molar-refractivity contribution in [1.82, 2.24) is 14.5 Å². The molecular formula is C26H27ClF3N5O5. The minimum atomic E-state index is -4.50. The zero-order valence-corrected chi connectivity index (χ0v) is 22.1. The maximum atomic E-state index is 12.8. The first-order valence-corrected chi connectivity index (χ1v) is 13.2. The van der Waals surface area contributed by atoms with Crippen molar-refractivity contribution in [1.29, 1.82) is 0 Å². The van der Waals surface area contributed by atoms with Crippen LogP contribution < -0.4 is 19.1 Å². The van der Waals surface area contributed by atoms with E-state index in [1.54, 1.807) is 4.57 Å². The molecule has 5 rings (SSSR count). The van der Waals surface area contributed by atoms with Crippen molar-refractivity contribution in [3.8, 4) is 17.6 Å². The highest BCUT2D eigenvalue weighted by Crippen LogP contribution is 2.34. The van der Waals surface area contributed by atoms with Crippen molar-refractivity contribution >= 4 is 23.1 Å². The number of anilines is 1. The van der Waals surface area contributed by atoms with Crippen LogP contribution in [0.25, 0.3) is 0 Å². The van der Waals surface area contributed by atoms with E-state index in [1.807, 2.05) is 24.3 Å². The highest BCUT2D eigenvalue weighted by molar-refractivity contribution is 6.31. The van der Waals surface area contributed by atoms with Crippen LogP contribution in [0.3, 0.4) is 0 Å². The van der Waals surface area contributed by atoms with Crippen LogP contribution in [0.15, 0.2) is 42.7 Å². The molecular weight excluding hydrogens is 555 g/mol. The number of piperidine rings is 1. The summed E-state index contributed by atoms with van der Waals surface area (Å²) in [5.41, 5.74) is 0.185. The number of hydrogen-bond donors (Lipinski definition) is 0. The molecule has 3 aromatic rings. The first-order valence-electron chi connectivity index (χ1n) is 12.9. The Labute approximate surface area is 232 Å². The number of ether oxygens (including phenoxy) is 3. The highest BCUT2D eigenvalue weighted by atomic mass is 35.5. The van der Waals surface area contributed by atoms with Crippen LogP contribution in [-0.4, -0.2) is 51.9 Å². The van der Waals surface area contributed by atoms with Gasteiger partial charge in [-0.2, -0.15) is 13.2 Å². The maximum Gasteiger partial charge on any atom is 0.417 e. The Hall–Kier alpha value is -3.74. The lowest BCUT2D eigenvalue weighted by Crippen LogP contribution is -2.34. The summed E-state index contributed by atoms with van der Waals surface area (Å²) >= 11 is 5.91. The van der Waals surface area contributed by atoms with Crippen molar-refractivity contribution in [2.45, 2.75) is 44.5 Å². The van der Waals surface area contributed by atoms with E-state index in [4.69, 9.17) is 25.8 Å². The van der Waals surface area contributed by atoms with Crippen molar-refractivity contribution in [2.75, 3.05) is 31.2 Å². The molecule has 10 nitrogen and oxygen atoms in total. The number of pyridine rings is 1. The van der Waals surface area contributed by atoms with Crippen molar-refractivity contribution in [3.05, 3.63) is 63.4 Å². The fraction of sp³-hybridized carbons (Fsp3) is 0.462. The Kier molecular flexibility index (Phi) is 8.19. The van der Waals surface area contributed by atoms with Crippen LogP contribution in [0.5, 0.6) is 17.6 Å². The summed E-state index contributed by atoms with van der Waals surface area (Å²) in [6.07, 6.45) is 0.697. The molecule has 1 saturated heterocycles. The van der Waals surface area contributed by atoms with E-state index < -0.39 is 16.7 Å². The van der Waals surface area contributed by atoms with E-state index in [9.17, 15) is 23.3 Å². The molecule has 40 heavy (non-hydrogen) atoms. The Morgan fingerprint density at radius 2 is 1.88 bits per heavy atom. The molecule has 0 spiro atoms. The Bertz CT molecular complexity index is 1330. The molecule has 0 radical (unpaired) electrons. The molecule has 2 aromatic heterocycles. The quantitative estimate of drug-likeness (QED) is 0.231. The van der Waals surface area contributed by atoms with Gasteiger partial charge in [-0.25, -0.2) is 4.98 Å². The standard InChI is InChI=1S/C26H27ClF3N5O5/c27-22-13-18(26(28,29)30)14-31-24(22)38-12-8-17-5-9-33(10-6-17)19-1-3-20(4-2-19)39-16-21-7-11-34-15-23(35(36)37)32-25(34)40-21/h1-4,13-15,17,21H,5-12,16H2. The zero-order chi connectivity index (χ0) is 28.3. The molecule has 14 heteroatoms. The number of hydrogen-bond acceptors (Lipinski definition) is 8. The number of halogens is 4. The van der Waals surface area contributed by atoms with Gasteiger partial charge < -0.3 is 29.2 Å². The third-order valence-electron chi connectivity index (χ3n) is 7.03. The fourth-order valence-corrected chi connectivity index (χ4v) is 4.99.